The van der Waals surface area contributed by atoms with E-state index in [9.17, 15) is 31.6 Å². The maximum atomic E-state index is 9.29. The van der Waals surface area contributed by atoms with E-state index in [1.807, 2.05) is 24.3 Å². The summed E-state index contributed by atoms with van der Waals surface area (Å²) in [6.45, 7) is 4.70. The van der Waals surface area contributed by atoms with Gasteiger partial charge < -0.3 is 23.2 Å². The number of hydrogen-bond donors (Lipinski definition) is 0. The van der Waals surface area contributed by atoms with Crippen molar-refractivity contribution in [3.63, 3.8) is 0 Å². The molecule has 17 heteroatoms. The molecule has 24 aromatic rings. The van der Waals surface area contributed by atoms with Gasteiger partial charge in [0.25, 0.3) is 0 Å². The van der Waals surface area contributed by atoms with Crippen LogP contribution < -0.4 is 9.80 Å². The average molecular weight is 1790 g/mol. The van der Waals surface area contributed by atoms with E-state index in [-0.39, 0.29) is 72.7 Å². The molecule has 0 amide bonds. The Morgan fingerprint density at radius 2 is 0.521 bits per heavy atom. The van der Waals surface area contributed by atoms with E-state index in [1.165, 1.54) is 94.3 Å². The van der Waals surface area contributed by atoms with Crippen LogP contribution >= 0.6 is 0 Å². The van der Waals surface area contributed by atoms with Crippen LogP contribution in [0.1, 0.15) is 59.1 Å². The van der Waals surface area contributed by atoms with Gasteiger partial charge in [0.15, 0.2) is 34.2 Å². The highest BCUT2D eigenvalue weighted by Gasteiger charge is 2.36. The van der Waals surface area contributed by atoms with E-state index in [0.717, 1.165) is 100 Å². The van der Waals surface area contributed by atoms with Crippen LogP contribution in [0.25, 0.3) is 182 Å². The number of nitriles is 6. The van der Waals surface area contributed by atoms with Gasteiger partial charge in [0.05, 0.1) is 11.0 Å². The molecule has 0 N–H and O–H groups in total. The molecular formula is C123H73N15O2. The third-order valence-electron chi connectivity index (χ3n) is 26.3. The number of para-hydroxylation sites is 6. The first-order valence-electron chi connectivity index (χ1n) is 45.5. The van der Waals surface area contributed by atoms with Gasteiger partial charge in [-0.05, 0) is 193 Å². The molecule has 1 aliphatic carbocycles. The van der Waals surface area contributed by atoms with Crippen LogP contribution in [0.15, 0.2) is 415 Å². The molecule has 6 heterocycles. The quantitative estimate of drug-likeness (QED) is 0.0972. The molecule has 0 fully saturated rings. The monoisotopic (exact) mass is 1790 g/mol. The highest BCUT2D eigenvalue weighted by Crippen LogP contribution is 2.52. The molecule has 0 saturated heterocycles. The van der Waals surface area contributed by atoms with E-state index in [4.69, 9.17) is 8.83 Å². The van der Waals surface area contributed by atoms with Crippen molar-refractivity contribution in [2.24, 2.45) is 0 Å². The number of hydrogen-bond acceptors (Lipinski definition) is 16. The van der Waals surface area contributed by atoms with E-state index in [1.54, 1.807) is 36.4 Å². The number of nitrogens with zero attached hydrogens (tertiary/aromatic N) is 15. The van der Waals surface area contributed by atoms with Gasteiger partial charge in [0, 0.05) is 88.7 Å². The number of furan rings is 2. The highest BCUT2D eigenvalue weighted by molar-refractivity contribution is 6.19. The Morgan fingerprint density at radius 1 is 0.229 bits per heavy atom. The maximum Gasteiger partial charge on any atom is 0.177 e. The topological polar surface area (TPSA) is 258 Å². The first-order chi connectivity index (χ1) is 68.9. The molecule has 1 aliphatic rings. The Labute approximate surface area is 803 Å². The zero-order valence-corrected chi connectivity index (χ0v) is 75.2. The molecule has 652 valence electrons. The van der Waals surface area contributed by atoms with E-state index >= 15 is 0 Å². The highest BCUT2D eigenvalue weighted by atomic mass is 16.3. The molecular weight excluding hydrogens is 1720 g/mol. The number of fused-ring (bicyclic) bond motifs is 18. The number of aromatic nitrogens is 7. The minimum atomic E-state index is -0.294. The van der Waals surface area contributed by atoms with Crippen molar-refractivity contribution in [1.29, 1.82) is 31.6 Å². The first kappa shape index (κ1) is 84.2. The molecule has 0 spiro atoms. The Hall–Kier alpha value is -20.1. The van der Waals surface area contributed by atoms with Crippen LogP contribution in [-0.2, 0) is 5.41 Å². The molecule has 0 unspecified atom stereocenters. The second-order valence-electron chi connectivity index (χ2n) is 34.6. The standard InChI is InChI=1S/C54H35NO2.C51H38N2.C18N12/c1-2-10-36(11-3-1)37-20-22-38(23-21-37)39-24-30-42(31-25-39)55(43-32-26-40(27-33-43)45-14-8-16-49-47-12-4-6-18-51(47)56-53(45)49)44-34-28-41(29-35-44)46-15-9-17-50-48-13-5-7-19-52(48)57-54(46)50;1-51(2)47-19-11-9-17-43(47)44-31-30-42(34-48(44)51)52(40-26-21-36(22-27-40)35-13-5-3-6-14-35)41-28-23-37(24-29-41)38-25-32-50-46(33-38)45-18-10-12-20-49(45)53(50)39-15-7-4-8-16-39;19-1-7-8(2-20)26-14-13(25-7)15-17(29-10(4-22)9(3-21)27-15)18-16(14)28-11(5-23)12(6-24)30-18/h1-35H;3-34H,1-2H3;. The Balaban J connectivity index is 0.000000123. The summed E-state index contributed by atoms with van der Waals surface area (Å²) in [4.78, 5) is 29.4. The summed E-state index contributed by atoms with van der Waals surface area (Å²) in [5.74, 6) is 0. The predicted molar refractivity (Wildman–Crippen MR) is 555 cm³/mol. The molecule has 6 aromatic heterocycles. The van der Waals surface area contributed by atoms with Crippen molar-refractivity contribution in [2.75, 3.05) is 9.80 Å². The predicted octanol–water partition coefficient (Wildman–Crippen LogP) is 30.3. The molecule has 140 heavy (non-hydrogen) atoms. The van der Waals surface area contributed by atoms with Crippen LogP contribution in [-0.4, -0.2) is 34.5 Å². The fourth-order valence-corrected chi connectivity index (χ4v) is 19.6. The smallest absolute Gasteiger partial charge is 0.177 e. The van der Waals surface area contributed by atoms with Gasteiger partial charge >= 0.3 is 0 Å². The Morgan fingerprint density at radius 3 is 0.936 bits per heavy atom. The molecule has 0 radical (unpaired) electrons. The van der Waals surface area contributed by atoms with Crippen molar-refractivity contribution >= 4 is 133 Å². The Kier molecular flexibility index (Phi) is 21.1. The van der Waals surface area contributed by atoms with E-state index < -0.39 is 0 Å². The third kappa shape index (κ3) is 14.8. The number of rotatable bonds is 13. The SMILES string of the molecule is CC1(C)c2ccccc2-c2ccc(N(c3ccc(-c4ccccc4)cc3)c3ccc(-c4ccc5c(c4)c4ccccc4n5-c4ccccc4)cc3)cc21.N#Cc1nc2c3nc(C#N)c(C#N)nc3c3nc(C#N)c(C#N)nc3c2nc1C#N.c1ccc(-c2ccc(-c3ccc(N(c4ccc(-c5cccc6c5oc5ccccc56)cc4)c4ccc(-c5cccc6c5oc5ccccc56)cc4)cc3)cc2)cc1. The molecule has 0 saturated carbocycles. The summed E-state index contributed by atoms with van der Waals surface area (Å²) in [5, 5.41) is 62.8. The lowest BCUT2D eigenvalue weighted by atomic mass is 9.82. The van der Waals surface area contributed by atoms with Gasteiger partial charge in [-0.3, -0.25) is 0 Å². The zero-order valence-electron chi connectivity index (χ0n) is 75.2. The molecule has 0 aliphatic heterocycles. The second kappa shape index (κ2) is 35.1. The van der Waals surface area contributed by atoms with Crippen molar-refractivity contribution < 1.29 is 8.83 Å². The summed E-state index contributed by atoms with van der Waals surface area (Å²) in [7, 11) is 0. The summed E-state index contributed by atoms with van der Waals surface area (Å²) in [6, 6.07) is 156. The van der Waals surface area contributed by atoms with Crippen LogP contribution in [0.4, 0.5) is 34.1 Å². The van der Waals surface area contributed by atoms with Crippen molar-refractivity contribution in [3.8, 4) is 120 Å². The fourth-order valence-electron chi connectivity index (χ4n) is 19.6. The molecule has 18 aromatic carbocycles. The largest absolute Gasteiger partial charge is 0.455 e. The van der Waals surface area contributed by atoms with Gasteiger partial charge in [-0.15, -0.1) is 0 Å². The number of anilines is 6. The van der Waals surface area contributed by atoms with Gasteiger partial charge in [-0.25, -0.2) is 29.9 Å². The maximum absolute atomic E-state index is 9.29. The normalized spacial score (nSPS) is 11.7. The first-order valence-corrected chi connectivity index (χ1v) is 45.5. The van der Waals surface area contributed by atoms with Crippen molar-refractivity contribution in [1.82, 2.24) is 34.5 Å². The lowest BCUT2D eigenvalue weighted by Crippen LogP contribution is -2.16. The molecule has 0 atom stereocenters. The van der Waals surface area contributed by atoms with Gasteiger partial charge in [0.1, 0.15) is 91.8 Å². The van der Waals surface area contributed by atoms with Crippen LogP contribution in [0.5, 0.6) is 0 Å². The zero-order chi connectivity index (χ0) is 94.6. The lowest BCUT2D eigenvalue weighted by Gasteiger charge is -2.28. The van der Waals surface area contributed by atoms with E-state index in [0.29, 0.717) is 0 Å². The summed E-state index contributed by atoms with van der Waals surface area (Å²) >= 11 is 0. The van der Waals surface area contributed by atoms with Gasteiger partial charge in [-0.2, -0.15) is 31.6 Å². The van der Waals surface area contributed by atoms with Gasteiger partial charge in [-0.1, -0.05) is 305 Å². The number of benzene rings is 18. The minimum Gasteiger partial charge on any atom is -0.455 e. The second-order valence-corrected chi connectivity index (χ2v) is 34.6. The average Bonchev–Trinajstić information content (AvgIpc) is 1.69. The lowest BCUT2D eigenvalue weighted by molar-refractivity contribution is 0.660. The summed E-state index contributed by atoms with van der Waals surface area (Å²) in [6.07, 6.45) is 0. The van der Waals surface area contributed by atoms with Crippen LogP contribution in [0.3, 0.4) is 0 Å². The molecule has 25 rings (SSSR count). The third-order valence-corrected chi connectivity index (χ3v) is 26.3. The summed E-state index contributed by atoms with van der Waals surface area (Å²) < 4.78 is 15.2. The van der Waals surface area contributed by atoms with Gasteiger partial charge in [0.2, 0.25) is 0 Å². The van der Waals surface area contributed by atoms with Crippen LogP contribution in [0, 0.1) is 68.0 Å². The molecule has 17 nitrogen and oxygen atoms in total. The van der Waals surface area contributed by atoms with Crippen molar-refractivity contribution in [3.05, 3.63) is 452 Å². The van der Waals surface area contributed by atoms with Crippen molar-refractivity contribution in [2.45, 2.75) is 19.3 Å². The minimum absolute atomic E-state index is 0.0237. The van der Waals surface area contributed by atoms with E-state index in [2.05, 4.69) is 440 Å². The molecule has 0 bridgehead atoms. The fraction of sp³-hybridized carbons (Fsp3) is 0.0244. The Bertz CT molecular complexity index is 8870. The van der Waals surface area contributed by atoms with Crippen LogP contribution in [0.2, 0.25) is 0 Å². The summed E-state index contributed by atoms with van der Waals surface area (Å²) in [5.41, 5.74) is 31.2.